The Morgan fingerprint density at radius 3 is 2.67 bits per heavy atom. The summed E-state index contributed by atoms with van der Waals surface area (Å²) in [6, 6.07) is 2.62. The van der Waals surface area contributed by atoms with E-state index in [1.807, 2.05) is 6.92 Å². The van der Waals surface area contributed by atoms with E-state index in [9.17, 15) is 14.9 Å². The zero-order valence-corrected chi connectivity index (χ0v) is 14.2. The van der Waals surface area contributed by atoms with Gasteiger partial charge in [-0.15, -0.1) is 0 Å². The quantitative estimate of drug-likeness (QED) is 0.626. The zero-order valence-electron chi connectivity index (χ0n) is 14.2. The molecule has 0 radical (unpaired) electrons. The average molecular weight is 337 g/mol. The minimum absolute atomic E-state index is 0.00812. The molecule has 2 atom stereocenters. The molecule has 1 aliphatic heterocycles. The van der Waals surface area contributed by atoms with Crippen LogP contribution in [0.2, 0.25) is 0 Å². The van der Waals surface area contributed by atoms with E-state index in [1.54, 1.807) is 11.8 Å². The van der Waals surface area contributed by atoms with Gasteiger partial charge in [-0.1, -0.05) is 0 Å². The molecule has 1 fully saturated rings. The lowest BCUT2D eigenvalue weighted by Gasteiger charge is -2.22. The van der Waals surface area contributed by atoms with Crippen molar-refractivity contribution in [3.63, 3.8) is 0 Å². The number of likely N-dealkylation sites (tertiary alicyclic amines) is 1. The molecule has 1 aliphatic rings. The van der Waals surface area contributed by atoms with Gasteiger partial charge in [-0.3, -0.25) is 14.9 Å². The van der Waals surface area contributed by atoms with Gasteiger partial charge in [-0.2, -0.15) is 0 Å². The lowest BCUT2D eigenvalue weighted by atomic mass is 10.1. The number of benzene rings is 1. The fourth-order valence-electron chi connectivity index (χ4n) is 3.05. The first-order chi connectivity index (χ1) is 11.4. The number of nitrogens with zero attached hydrogens (tertiary/aromatic N) is 2. The first kappa shape index (κ1) is 18.0. The minimum Gasteiger partial charge on any atom is -0.493 e. The summed E-state index contributed by atoms with van der Waals surface area (Å²) in [5.41, 5.74) is 5.41. The van der Waals surface area contributed by atoms with Gasteiger partial charge in [0.2, 0.25) is 0 Å². The number of nitrogens with two attached hydrogens (primary N) is 1. The van der Waals surface area contributed by atoms with Crippen LogP contribution in [0.15, 0.2) is 12.1 Å². The first-order valence-electron chi connectivity index (χ1n) is 7.93. The van der Waals surface area contributed by atoms with Crippen LogP contribution in [0.3, 0.4) is 0 Å². The van der Waals surface area contributed by atoms with Crippen LogP contribution in [0.4, 0.5) is 5.69 Å². The van der Waals surface area contributed by atoms with E-state index < -0.39 is 4.92 Å². The Bertz CT molecular complexity index is 634. The molecular formula is C16H23N3O5. The van der Waals surface area contributed by atoms with Crippen LogP contribution in [0, 0.1) is 16.0 Å². The Morgan fingerprint density at radius 2 is 2.17 bits per heavy atom. The van der Waals surface area contributed by atoms with Crippen molar-refractivity contribution >= 4 is 11.6 Å². The van der Waals surface area contributed by atoms with Gasteiger partial charge in [-0.25, -0.2) is 0 Å². The second-order valence-corrected chi connectivity index (χ2v) is 5.85. The van der Waals surface area contributed by atoms with Crippen LogP contribution in [-0.4, -0.2) is 48.6 Å². The number of carbonyl (C=O) groups excluding carboxylic acids is 1. The van der Waals surface area contributed by atoms with Gasteiger partial charge in [0.15, 0.2) is 11.5 Å². The van der Waals surface area contributed by atoms with Gasteiger partial charge in [0.25, 0.3) is 11.6 Å². The topological polar surface area (TPSA) is 108 Å². The van der Waals surface area contributed by atoms with Gasteiger partial charge in [-0.05, 0) is 32.7 Å². The molecule has 24 heavy (non-hydrogen) atoms. The summed E-state index contributed by atoms with van der Waals surface area (Å²) in [7, 11) is 1.40. The summed E-state index contributed by atoms with van der Waals surface area (Å²) in [6.07, 6.45) is 0.796. The van der Waals surface area contributed by atoms with E-state index in [4.69, 9.17) is 15.2 Å². The highest BCUT2D eigenvalue weighted by molar-refractivity contribution is 5.99. The molecule has 0 aliphatic carbocycles. The van der Waals surface area contributed by atoms with Crippen molar-refractivity contribution in [2.24, 2.45) is 11.7 Å². The largest absolute Gasteiger partial charge is 0.493 e. The number of amides is 1. The molecule has 1 aromatic carbocycles. The first-order valence-corrected chi connectivity index (χ1v) is 7.93. The smallest absolute Gasteiger partial charge is 0.286 e. The number of nitro groups is 1. The molecule has 2 unspecified atom stereocenters. The molecule has 1 amide bonds. The molecular weight excluding hydrogens is 314 g/mol. The Balaban J connectivity index is 2.45. The predicted octanol–water partition coefficient (Wildman–Crippen LogP) is 1.81. The Kier molecular flexibility index (Phi) is 5.61. The van der Waals surface area contributed by atoms with Crippen molar-refractivity contribution in [1.29, 1.82) is 0 Å². The van der Waals surface area contributed by atoms with E-state index in [-0.39, 0.29) is 34.9 Å². The van der Waals surface area contributed by atoms with Gasteiger partial charge >= 0.3 is 0 Å². The monoisotopic (exact) mass is 337 g/mol. The maximum Gasteiger partial charge on any atom is 0.286 e. The lowest BCUT2D eigenvalue weighted by molar-refractivity contribution is -0.385. The normalized spacial score (nSPS) is 20.1. The Morgan fingerprint density at radius 1 is 1.46 bits per heavy atom. The molecule has 1 aromatic rings. The molecule has 0 bridgehead atoms. The van der Waals surface area contributed by atoms with Crippen LogP contribution in [0.5, 0.6) is 11.5 Å². The third-order valence-corrected chi connectivity index (χ3v) is 4.26. The number of rotatable bonds is 6. The second-order valence-electron chi connectivity index (χ2n) is 5.85. The van der Waals surface area contributed by atoms with Crippen molar-refractivity contribution in [2.45, 2.75) is 26.3 Å². The molecule has 2 N–H and O–H groups in total. The number of carbonyl (C=O) groups is 1. The summed E-state index contributed by atoms with van der Waals surface area (Å²) in [4.78, 5) is 25.3. The molecule has 132 valence electrons. The number of methoxy groups -OCH3 is 1. The van der Waals surface area contributed by atoms with Crippen LogP contribution in [-0.2, 0) is 0 Å². The average Bonchev–Trinajstić information content (AvgIpc) is 2.94. The van der Waals surface area contributed by atoms with Crippen LogP contribution < -0.4 is 15.2 Å². The Labute approximate surface area is 140 Å². The predicted molar refractivity (Wildman–Crippen MR) is 88.5 cm³/mol. The summed E-state index contributed by atoms with van der Waals surface area (Å²) in [5, 5.41) is 11.4. The summed E-state index contributed by atoms with van der Waals surface area (Å²) in [6.45, 7) is 5.06. The zero-order chi connectivity index (χ0) is 17.9. The fourth-order valence-corrected chi connectivity index (χ4v) is 3.05. The molecule has 8 heteroatoms. The summed E-state index contributed by atoms with van der Waals surface area (Å²) < 4.78 is 10.6. The third-order valence-electron chi connectivity index (χ3n) is 4.26. The standard InChI is InChI=1S/C16H23N3O5/c1-4-24-15-6-12(13(19(21)22)7-14(15)23-3)16(20)18-9-11(8-17)5-10(18)2/h6-7,10-11H,4-5,8-9,17H2,1-3H3. The van der Waals surface area contributed by atoms with Crippen molar-refractivity contribution in [1.82, 2.24) is 4.90 Å². The molecule has 8 nitrogen and oxygen atoms in total. The van der Waals surface area contributed by atoms with E-state index in [2.05, 4.69) is 0 Å². The van der Waals surface area contributed by atoms with Gasteiger partial charge in [0, 0.05) is 18.7 Å². The van der Waals surface area contributed by atoms with E-state index in [0.717, 1.165) is 6.42 Å². The maximum atomic E-state index is 12.9. The fraction of sp³-hybridized carbons (Fsp3) is 0.562. The second kappa shape index (κ2) is 7.48. The molecule has 1 saturated heterocycles. The van der Waals surface area contributed by atoms with Crippen LogP contribution in [0.25, 0.3) is 0 Å². The van der Waals surface area contributed by atoms with E-state index >= 15 is 0 Å². The van der Waals surface area contributed by atoms with Crippen LogP contribution in [0.1, 0.15) is 30.6 Å². The van der Waals surface area contributed by atoms with Crippen LogP contribution >= 0.6 is 0 Å². The van der Waals surface area contributed by atoms with Crippen molar-refractivity contribution < 1.29 is 19.2 Å². The highest BCUT2D eigenvalue weighted by Crippen LogP contribution is 2.36. The summed E-state index contributed by atoms with van der Waals surface area (Å²) in [5.74, 6) is 0.381. The number of nitro benzene ring substituents is 1. The van der Waals surface area contributed by atoms with Gasteiger partial charge in [0.05, 0.1) is 24.7 Å². The minimum atomic E-state index is -0.577. The molecule has 0 aromatic heterocycles. The molecule has 0 saturated carbocycles. The molecule has 0 spiro atoms. The van der Waals surface area contributed by atoms with E-state index in [0.29, 0.717) is 25.4 Å². The number of hydrogen-bond donors (Lipinski definition) is 1. The number of ether oxygens (including phenoxy) is 2. The van der Waals surface area contributed by atoms with Crippen molar-refractivity contribution in [2.75, 3.05) is 26.8 Å². The van der Waals surface area contributed by atoms with Crippen molar-refractivity contribution in [3.8, 4) is 11.5 Å². The number of hydrogen-bond acceptors (Lipinski definition) is 6. The van der Waals surface area contributed by atoms with E-state index in [1.165, 1.54) is 19.2 Å². The third kappa shape index (κ3) is 3.43. The molecule has 2 rings (SSSR count). The molecule has 1 heterocycles. The maximum absolute atomic E-state index is 12.9. The summed E-state index contributed by atoms with van der Waals surface area (Å²) >= 11 is 0. The Hall–Kier alpha value is -2.35. The highest BCUT2D eigenvalue weighted by Gasteiger charge is 2.35. The van der Waals surface area contributed by atoms with Gasteiger partial charge < -0.3 is 20.1 Å². The SMILES string of the molecule is CCOc1cc(C(=O)N2CC(CN)CC2C)c([N+](=O)[O-])cc1OC. The van der Waals surface area contributed by atoms with Crippen molar-refractivity contribution in [3.05, 3.63) is 27.8 Å². The highest BCUT2D eigenvalue weighted by atomic mass is 16.6. The van der Waals surface area contributed by atoms with Gasteiger partial charge in [0.1, 0.15) is 5.56 Å². The lowest BCUT2D eigenvalue weighted by Crippen LogP contribution is -2.34.